The van der Waals surface area contributed by atoms with E-state index < -0.39 is 0 Å². The Balaban J connectivity index is 1.62. The van der Waals surface area contributed by atoms with Crippen LogP contribution in [0.2, 0.25) is 0 Å². The number of nitrogens with zero attached hydrogens (tertiary/aromatic N) is 1. The van der Waals surface area contributed by atoms with E-state index in [1.54, 1.807) is 55.5 Å². The number of carbonyl (C=O) groups is 2. The number of furan rings is 1. The second-order valence-corrected chi connectivity index (χ2v) is 6.06. The number of carbonyl (C=O) groups excluding carboxylic acids is 2. The average Bonchev–Trinajstić information content (AvgIpc) is 3.17. The van der Waals surface area contributed by atoms with Crippen LogP contribution < -0.4 is 5.43 Å². The Labute approximate surface area is 162 Å². The maximum absolute atomic E-state index is 12.0. The molecule has 1 heterocycles. The van der Waals surface area contributed by atoms with E-state index in [-0.39, 0.29) is 11.9 Å². The van der Waals surface area contributed by atoms with Gasteiger partial charge in [-0.1, -0.05) is 29.8 Å². The van der Waals surface area contributed by atoms with Gasteiger partial charge < -0.3 is 9.15 Å². The lowest BCUT2D eigenvalue weighted by molar-refractivity contribution is 0.0526. The van der Waals surface area contributed by atoms with Crippen LogP contribution in [0.15, 0.2) is 70.2 Å². The molecule has 0 unspecified atom stereocenters. The van der Waals surface area contributed by atoms with Gasteiger partial charge in [0, 0.05) is 11.1 Å². The summed E-state index contributed by atoms with van der Waals surface area (Å²) in [5.74, 6) is 0.471. The summed E-state index contributed by atoms with van der Waals surface area (Å²) in [6.07, 6.45) is 1.43. The Hall–Kier alpha value is -3.67. The molecule has 1 aromatic heterocycles. The lowest BCUT2D eigenvalue weighted by atomic mass is 10.1. The van der Waals surface area contributed by atoms with Crippen LogP contribution in [0.1, 0.15) is 39.0 Å². The number of esters is 1. The molecule has 3 aromatic rings. The van der Waals surface area contributed by atoms with E-state index in [2.05, 4.69) is 10.5 Å². The van der Waals surface area contributed by atoms with Gasteiger partial charge in [0.25, 0.3) is 5.91 Å². The molecule has 0 aliphatic carbocycles. The number of ether oxygens (including phenoxy) is 1. The minimum absolute atomic E-state index is 0.294. The maximum Gasteiger partial charge on any atom is 0.338 e. The molecule has 0 atom stereocenters. The third kappa shape index (κ3) is 4.73. The molecule has 0 radical (unpaired) electrons. The van der Waals surface area contributed by atoms with Crippen molar-refractivity contribution < 1.29 is 18.7 Å². The molecule has 0 saturated carbocycles. The van der Waals surface area contributed by atoms with Crippen molar-refractivity contribution in [2.24, 2.45) is 5.10 Å². The molecule has 6 nitrogen and oxygen atoms in total. The molecule has 0 aliphatic rings. The van der Waals surface area contributed by atoms with Gasteiger partial charge in [0.05, 0.1) is 18.4 Å². The quantitative estimate of drug-likeness (QED) is 0.397. The SMILES string of the molecule is CCOC(=O)c1ccc(-c2ccc(/C=N/NC(=O)c3ccc(C)cc3)o2)cc1. The van der Waals surface area contributed by atoms with Crippen LogP contribution in [0.4, 0.5) is 0 Å². The predicted octanol–water partition coefficient (Wildman–Crippen LogP) is 4.20. The molecule has 2 aromatic carbocycles. The van der Waals surface area contributed by atoms with Crippen LogP contribution >= 0.6 is 0 Å². The van der Waals surface area contributed by atoms with Crippen molar-refractivity contribution in [3.8, 4) is 11.3 Å². The highest BCUT2D eigenvalue weighted by atomic mass is 16.5. The van der Waals surface area contributed by atoms with Gasteiger partial charge in [-0.2, -0.15) is 5.10 Å². The van der Waals surface area contributed by atoms with E-state index in [0.29, 0.717) is 29.3 Å². The predicted molar refractivity (Wildman–Crippen MR) is 106 cm³/mol. The molecule has 28 heavy (non-hydrogen) atoms. The fraction of sp³-hybridized carbons (Fsp3) is 0.136. The average molecular weight is 376 g/mol. The van der Waals surface area contributed by atoms with Crippen LogP contribution in [0.3, 0.4) is 0 Å². The number of hydrogen-bond donors (Lipinski definition) is 1. The molecular weight excluding hydrogens is 356 g/mol. The number of hydrazone groups is 1. The third-order valence-electron chi connectivity index (χ3n) is 3.98. The minimum atomic E-state index is -0.356. The second-order valence-electron chi connectivity index (χ2n) is 6.06. The van der Waals surface area contributed by atoms with Crippen molar-refractivity contribution in [3.05, 3.63) is 83.1 Å². The monoisotopic (exact) mass is 376 g/mol. The summed E-state index contributed by atoms with van der Waals surface area (Å²) in [6, 6.07) is 17.7. The molecule has 142 valence electrons. The summed E-state index contributed by atoms with van der Waals surface area (Å²) in [6.45, 7) is 4.06. The highest BCUT2D eigenvalue weighted by molar-refractivity contribution is 5.94. The zero-order chi connectivity index (χ0) is 19.9. The summed E-state index contributed by atoms with van der Waals surface area (Å²) in [4.78, 5) is 23.7. The molecule has 0 bridgehead atoms. The molecule has 1 amide bonds. The first-order valence-electron chi connectivity index (χ1n) is 8.84. The van der Waals surface area contributed by atoms with Gasteiger partial charge in [-0.05, 0) is 50.2 Å². The van der Waals surface area contributed by atoms with Crippen molar-refractivity contribution in [2.45, 2.75) is 13.8 Å². The Bertz CT molecular complexity index is 986. The second kappa shape index (κ2) is 8.81. The van der Waals surface area contributed by atoms with Crippen LogP contribution in [-0.4, -0.2) is 24.7 Å². The number of amides is 1. The highest BCUT2D eigenvalue weighted by Gasteiger charge is 2.08. The first-order valence-corrected chi connectivity index (χ1v) is 8.84. The largest absolute Gasteiger partial charge is 0.462 e. The van der Waals surface area contributed by atoms with Crippen molar-refractivity contribution in [1.82, 2.24) is 5.43 Å². The Kier molecular flexibility index (Phi) is 6.01. The zero-order valence-electron chi connectivity index (χ0n) is 15.6. The Morgan fingerprint density at radius 3 is 2.36 bits per heavy atom. The lowest BCUT2D eigenvalue weighted by Crippen LogP contribution is -2.17. The fourth-order valence-corrected chi connectivity index (χ4v) is 2.49. The van der Waals surface area contributed by atoms with E-state index in [1.165, 1.54) is 6.21 Å². The van der Waals surface area contributed by atoms with Crippen molar-refractivity contribution >= 4 is 18.1 Å². The number of rotatable bonds is 6. The van der Waals surface area contributed by atoms with Crippen molar-refractivity contribution in [1.29, 1.82) is 0 Å². The van der Waals surface area contributed by atoms with Crippen LogP contribution in [0.25, 0.3) is 11.3 Å². The summed E-state index contributed by atoms with van der Waals surface area (Å²) < 4.78 is 10.7. The smallest absolute Gasteiger partial charge is 0.338 e. The number of hydrogen-bond acceptors (Lipinski definition) is 5. The van der Waals surface area contributed by atoms with Crippen LogP contribution in [0, 0.1) is 6.92 Å². The molecule has 6 heteroatoms. The molecule has 3 rings (SSSR count). The van der Waals surface area contributed by atoms with E-state index in [1.807, 2.05) is 19.1 Å². The minimum Gasteiger partial charge on any atom is -0.462 e. The molecular formula is C22H20N2O4. The third-order valence-corrected chi connectivity index (χ3v) is 3.98. The topological polar surface area (TPSA) is 80.9 Å². The summed E-state index contributed by atoms with van der Waals surface area (Å²) in [5, 5.41) is 3.93. The van der Waals surface area contributed by atoms with Crippen LogP contribution in [-0.2, 0) is 4.74 Å². The number of aryl methyl sites for hydroxylation is 1. The molecule has 0 saturated heterocycles. The van der Waals surface area contributed by atoms with Gasteiger partial charge >= 0.3 is 5.97 Å². The van der Waals surface area contributed by atoms with Crippen LogP contribution in [0.5, 0.6) is 0 Å². The normalized spacial score (nSPS) is 10.8. The molecule has 1 N–H and O–H groups in total. The van der Waals surface area contributed by atoms with Crippen molar-refractivity contribution in [3.63, 3.8) is 0 Å². The first kappa shape index (κ1) is 19.1. The van der Waals surface area contributed by atoms with Gasteiger partial charge in [0.15, 0.2) is 0 Å². The maximum atomic E-state index is 12.0. The standard InChI is InChI=1S/C22H20N2O4/c1-3-27-22(26)18-10-8-16(9-11-18)20-13-12-19(28-20)14-23-24-21(25)17-6-4-15(2)5-7-17/h4-14H,3H2,1-2H3,(H,24,25)/b23-14+. The molecule has 0 fully saturated rings. The number of benzene rings is 2. The van der Waals surface area contributed by atoms with Crippen molar-refractivity contribution in [2.75, 3.05) is 6.61 Å². The molecule has 0 aliphatic heterocycles. The van der Waals surface area contributed by atoms with E-state index in [4.69, 9.17) is 9.15 Å². The van der Waals surface area contributed by atoms with Gasteiger partial charge in [0.1, 0.15) is 11.5 Å². The Morgan fingerprint density at radius 2 is 1.68 bits per heavy atom. The molecule has 0 spiro atoms. The summed E-state index contributed by atoms with van der Waals surface area (Å²) in [5.41, 5.74) is 5.38. The van der Waals surface area contributed by atoms with E-state index in [9.17, 15) is 9.59 Å². The zero-order valence-corrected chi connectivity index (χ0v) is 15.6. The van der Waals surface area contributed by atoms with Gasteiger partial charge in [-0.15, -0.1) is 0 Å². The fourth-order valence-electron chi connectivity index (χ4n) is 2.49. The highest BCUT2D eigenvalue weighted by Crippen LogP contribution is 2.22. The lowest BCUT2D eigenvalue weighted by Gasteiger charge is -2.02. The van der Waals surface area contributed by atoms with Gasteiger partial charge in [-0.25, -0.2) is 10.2 Å². The van der Waals surface area contributed by atoms with Gasteiger partial charge in [0.2, 0.25) is 0 Å². The van der Waals surface area contributed by atoms with E-state index >= 15 is 0 Å². The summed E-state index contributed by atoms with van der Waals surface area (Å²) >= 11 is 0. The van der Waals surface area contributed by atoms with Gasteiger partial charge in [-0.3, -0.25) is 4.79 Å². The Morgan fingerprint density at radius 1 is 1.00 bits per heavy atom. The first-order chi connectivity index (χ1) is 13.6. The van der Waals surface area contributed by atoms with E-state index in [0.717, 1.165) is 11.1 Å². The summed E-state index contributed by atoms with van der Waals surface area (Å²) in [7, 11) is 0. The number of nitrogens with one attached hydrogen (secondary N) is 1.